The van der Waals surface area contributed by atoms with Crippen molar-refractivity contribution in [3.8, 4) is 0 Å². The van der Waals surface area contributed by atoms with Crippen LogP contribution < -0.4 is 0 Å². The fraction of sp³-hybridized carbons (Fsp3) is 0.500. The molecule has 1 heterocycles. The van der Waals surface area contributed by atoms with Crippen LogP contribution in [-0.4, -0.2) is 46.4 Å². The average Bonchev–Trinajstić information content (AvgIpc) is 2.56. The first-order valence-corrected chi connectivity index (χ1v) is 8.22. The standard InChI is InChI=1S/C16H16ClF5N2O2/c1-2-23(14(25)16(20,21)22)10-5-6-24(15(17)26)13(8-10)11-7-9(18)3-4-12(11)19/h3-4,7,10,13H,2,5-6,8H2,1H3/t10-,13+/m1/s1. The number of hydrogen-bond acceptors (Lipinski definition) is 2. The first-order valence-electron chi connectivity index (χ1n) is 7.85. The second-order valence-electron chi connectivity index (χ2n) is 5.90. The van der Waals surface area contributed by atoms with E-state index in [4.69, 9.17) is 11.6 Å². The molecule has 1 aromatic carbocycles. The molecule has 2 rings (SSSR count). The van der Waals surface area contributed by atoms with Crippen LogP contribution in [0.25, 0.3) is 0 Å². The zero-order valence-electron chi connectivity index (χ0n) is 13.7. The topological polar surface area (TPSA) is 40.6 Å². The number of carbonyl (C=O) groups excluding carboxylic acids is 2. The SMILES string of the molecule is CCN(C(=O)C(F)(F)F)[C@@H]1CCN(C(=O)Cl)[C@H](c2cc(F)ccc2F)C1. The Balaban J connectivity index is 2.36. The van der Waals surface area contributed by atoms with E-state index in [0.29, 0.717) is 4.90 Å². The van der Waals surface area contributed by atoms with E-state index in [1.807, 2.05) is 0 Å². The highest BCUT2D eigenvalue weighted by atomic mass is 35.5. The molecule has 1 aliphatic heterocycles. The molecular weight excluding hydrogens is 383 g/mol. The molecule has 4 nitrogen and oxygen atoms in total. The fourth-order valence-corrected chi connectivity index (χ4v) is 3.44. The third-order valence-corrected chi connectivity index (χ3v) is 4.62. The van der Waals surface area contributed by atoms with Crippen LogP contribution in [0.5, 0.6) is 0 Å². The highest BCUT2D eigenvalue weighted by Crippen LogP contribution is 2.36. The number of hydrogen-bond donors (Lipinski definition) is 0. The quantitative estimate of drug-likeness (QED) is 0.434. The Labute approximate surface area is 151 Å². The summed E-state index contributed by atoms with van der Waals surface area (Å²) in [6, 6.07) is 0.650. The van der Waals surface area contributed by atoms with Gasteiger partial charge in [0, 0.05) is 24.7 Å². The summed E-state index contributed by atoms with van der Waals surface area (Å²) in [5.41, 5.74) is -0.195. The number of carbonyl (C=O) groups is 2. The molecule has 0 saturated carbocycles. The van der Waals surface area contributed by atoms with Gasteiger partial charge >= 0.3 is 17.4 Å². The van der Waals surface area contributed by atoms with E-state index in [1.54, 1.807) is 0 Å². The third kappa shape index (κ3) is 4.25. The number of piperidine rings is 1. The van der Waals surface area contributed by atoms with Gasteiger partial charge in [0.15, 0.2) is 0 Å². The van der Waals surface area contributed by atoms with Crippen LogP contribution in [0, 0.1) is 11.6 Å². The maximum atomic E-state index is 14.1. The molecular formula is C16H16ClF5N2O2. The van der Waals surface area contributed by atoms with Crippen LogP contribution in [0.2, 0.25) is 0 Å². The third-order valence-electron chi connectivity index (χ3n) is 4.40. The number of alkyl halides is 3. The van der Waals surface area contributed by atoms with Crippen molar-refractivity contribution in [3.63, 3.8) is 0 Å². The van der Waals surface area contributed by atoms with Gasteiger partial charge in [0.05, 0.1) is 6.04 Å². The number of rotatable bonds is 3. The minimum absolute atomic E-state index is 0.0432. The first-order chi connectivity index (χ1) is 12.1. The lowest BCUT2D eigenvalue weighted by Crippen LogP contribution is -2.52. The van der Waals surface area contributed by atoms with Gasteiger partial charge in [0.2, 0.25) is 0 Å². The van der Waals surface area contributed by atoms with Gasteiger partial charge in [-0.05, 0) is 49.6 Å². The molecule has 0 spiro atoms. The maximum absolute atomic E-state index is 14.1. The van der Waals surface area contributed by atoms with Crippen molar-refractivity contribution in [2.75, 3.05) is 13.1 Å². The molecule has 0 radical (unpaired) electrons. The first kappa shape index (κ1) is 20.4. The number of likely N-dealkylation sites (tertiary alicyclic amines) is 1. The van der Waals surface area contributed by atoms with Gasteiger partial charge in [-0.1, -0.05) is 0 Å². The second-order valence-corrected chi connectivity index (χ2v) is 6.22. The lowest BCUT2D eigenvalue weighted by molar-refractivity contribution is -0.188. The number of halogens is 6. The van der Waals surface area contributed by atoms with Crippen LogP contribution in [-0.2, 0) is 4.79 Å². The molecule has 2 amide bonds. The van der Waals surface area contributed by atoms with Crippen LogP contribution in [0.3, 0.4) is 0 Å². The van der Waals surface area contributed by atoms with Crippen molar-refractivity contribution in [1.29, 1.82) is 0 Å². The van der Waals surface area contributed by atoms with Crippen LogP contribution in [0.15, 0.2) is 18.2 Å². The van der Waals surface area contributed by atoms with E-state index in [1.165, 1.54) is 6.92 Å². The Morgan fingerprint density at radius 2 is 1.96 bits per heavy atom. The van der Waals surface area contributed by atoms with E-state index in [0.717, 1.165) is 23.1 Å². The van der Waals surface area contributed by atoms with Gasteiger partial charge in [0.1, 0.15) is 11.6 Å². The minimum atomic E-state index is -5.05. The van der Waals surface area contributed by atoms with E-state index >= 15 is 0 Å². The van der Waals surface area contributed by atoms with E-state index in [-0.39, 0.29) is 31.5 Å². The normalized spacial score (nSPS) is 20.8. The second kappa shape index (κ2) is 7.77. The molecule has 0 unspecified atom stereocenters. The van der Waals surface area contributed by atoms with Gasteiger partial charge in [-0.25, -0.2) is 8.78 Å². The molecule has 2 atom stereocenters. The Morgan fingerprint density at radius 3 is 2.50 bits per heavy atom. The molecule has 1 aromatic rings. The summed E-state index contributed by atoms with van der Waals surface area (Å²) in [5.74, 6) is -3.58. The monoisotopic (exact) mass is 398 g/mol. The molecule has 26 heavy (non-hydrogen) atoms. The van der Waals surface area contributed by atoms with Gasteiger partial charge in [-0.15, -0.1) is 0 Å². The summed E-state index contributed by atoms with van der Waals surface area (Å²) in [6.07, 6.45) is -5.19. The maximum Gasteiger partial charge on any atom is 0.471 e. The van der Waals surface area contributed by atoms with Gasteiger partial charge in [-0.3, -0.25) is 9.59 Å². The van der Waals surface area contributed by atoms with Gasteiger partial charge in [0.25, 0.3) is 0 Å². The van der Waals surface area contributed by atoms with Gasteiger partial charge < -0.3 is 9.80 Å². The van der Waals surface area contributed by atoms with E-state index in [2.05, 4.69) is 0 Å². The molecule has 1 saturated heterocycles. The zero-order valence-corrected chi connectivity index (χ0v) is 14.4. The summed E-state index contributed by atoms with van der Waals surface area (Å²) in [5, 5.41) is -0.928. The Hall–Kier alpha value is -1.90. The van der Waals surface area contributed by atoms with Crippen LogP contribution in [0.4, 0.5) is 26.7 Å². The molecule has 0 aromatic heterocycles. The summed E-state index contributed by atoms with van der Waals surface area (Å²) in [7, 11) is 0. The molecule has 1 aliphatic rings. The Bertz CT molecular complexity index is 698. The van der Waals surface area contributed by atoms with Crippen molar-refractivity contribution in [1.82, 2.24) is 9.80 Å². The Morgan fingerprint density at radius 1 is 1.31 bits per heavy atom. The predicted octanol–water partition coefficient (Wildman–Crippen LogP) is 4.24. The van der Waals surface area contributed by atoms with Crippen molar-refractivity contribution < 1.29 is 31.5 Å². The van der Waals surface area contributed by atoms with Crippen molar-refractivity contribution >= 4 is 22.9 Å². The summed E-state index contributed by atoms with van der Waals surface area (Å²) >= 11 is 5.50. The molecule has 144 valence electrons. The van der Waals surface area contributed by atoms with Crippen molar-refractivity contribution in [2.24, 2.45) is 0 Å². The van der Waals surface area contributed by atoms with Crippen molar-refractivity contribution in [3.05, 3.63) is 35.4 Å². The zero-order chi connectivity index (χ0) is 19.6. The predicted molar refractivity (Wildman–Crippen MR) is 83.5 cm³/mol. The average molecular weight is 399 g/mol. The lowest BCUT2D eigenvalue weighted by atomic mass is 9.90. The van der Waals surface area contributed by atoms with E-state index in [9.17, 15) is 31.5 Å². The number of amides is 2. The molecule has 10 heteroatoms. The summed E-state index contributed by atoms with van der Waals surface area (Å²) in [4.78, 5) is 25.0. The molecule has 1 fully saturated rings. The summed E-state index contributed by atoms with van der Waals surface area (Å²) < 4.78 is 66.1. The number of nitrogens with zero attached hydrogens (tertiary/aromatic N) is 2. The highest BCUT2D eigenvalue weighted by Gasteiger charge is 2.46. The van der Waals surface area contributed by atoms with Crippen LogP contribution in [0.1, 0.15) is 31.4 Å². The largest absolute Gasteiger partial charge is 0.471 e. The van der Waals surface area contributed by atoms with Crippen molar-refractivity contribution in [2.45, 2.75) is 38.0 Å². The van der Waals surface area contributed by atoms with Gasteiger partial charge in [-0.2, -0.15) is 13.2 Å². The fourth-order valence-electron chi connectivity index (χ4n) is 3.24. The number of benzene rings is 1. The molecule has 0 bridgehead atoms. The molecule has 0 aliphatic carbocycles. The Kier molecular flexibility index (Phi) is 6.10. The smallest absolute Gasteiger partial charge is 0.332 e. The minimum Gasteiger partial charge on any atom is -0.332 e. The molecule has 0 N–H and O–H groups in total. The van der Waals surface area contributed by atoms with Crippen LogP contribution >= 0.6 is 11.6 Å². The lowest BCUT2D eigenvalue weighted by Gasteiger charge is -2.42. The van der Waals surface area contributed by atoms with E-state index < -0.39 is 41.2 Å². The highest BCUT2D eigenvalue weighted by molar-refractivity contribution is 6.62. The summed E-state index contributed by atoms with van der Waals surface area (Å²) in [6.45, 7) is 1.09.